The van der Waals surface area contributed by atoms with Crippen molar-refractivity contribution in [2.24, 2.45) is 34.5 Å². The zero-order chi connectivity index (χ0) is 23.2. The highest BCUT2D eigenvalue weighted by atomic mass is 16.4. The summed E-state index contributed by atoms with van der Waals surface area (Å²) in [6.07, 6.45) is 11.3. The molecule has 0 bridgehead atoms. The number of rotatable bonds is 13. The van der Waals surface area contributed by atoms with E-state index in [1.165, 1.54) is 0 Å². The molecular formula is C26H48O5. The second-order valence-electron chi connectivity index (χ2n) is 12.0. The van der Waals surface area contributed by atoms with Gasteiger partial charge in [-0.05, 0) is 107 Å². The third-order valence-electron chi connectivity index (χ3n) is 8.47. The molecule has 0 aromatic rings. The lowest BCUT2D eigenvalue weighted by molar-refractivity contribution is -0.147. The molecule has 0 radical (unpaired) electrons. The summed E-state index contributed by atoms with van der Waals surface area (Å²) in [4.78, 5) is 11.3. The van der Waals surface area contributed by atoms with Crippen molar-refractivity contribution >= 4 is 5.97 Å². The number of hydrogen-bond acceptors (Lipinski definition) is 4. The highest BCUT2D eigenvalue weighted by Crippen LogP contribution is 2.42. The molecule has 2 saturated carbocycles. The summed E-state index contributed by atoms with van der Waals surface area (Å²) in [5.74, 6) is 0.625. The molecule has 0 aliphatic heterocycles. The van der Waals surface area contributed by atoms with E-state index in [9.17, 15) is 25.2 Å². The SMILES string of the molecule is CC(C)(CO)CCCC1CCC(CCC2CCC(CCCC(C)(C)C(=O)O)C2O)C1O. The fourth-order valence-electron chi connectivity index (χ4n) is 5.83. The largest absolute Gasteiger partial charge is 0.481 e. The van der Waals surface area contributed by atoms with Crippen molar-refractivity contribution in [3.63, 3.8) is 0 Å². The summed E-state index contributed by atoms with van der Waals surface area (Å²) in [7, 11) is 0. The Bertz CT molecular complexity index is 558. The van der Waals surface area contributed by atoms with Gasteiger partial charge in [0.25, 0.3) is 0 Å². The predicted octanol–water partition coefficient (Wildman–Crippen LogP) is 5.01. The van der Waals surface area contributed by atoms with E-state index >= 15 is 0 Å². The van der Waals surface area contributed by atoms with Gasteiger partial charge in [-0.2, -0.15) is 0 Å². The highest BCUT2D eigenvalue weighted by Gasteiger charge is 2.38. The van der Waals surface area contributed by atoms with Gasteiger partial charge in [-0.25, -0.2) is 0 Å². The van der Waals surface area contributed by atoms with Crippen LogP contribution in [0, 0.1) is 34.5 Å². The number of aliphatic hydroxyl groups excluding tert-OH is 3. The third kappa shape index (κ3) is 7.71. The van der Waals surface area contributed by atoms with Crippen LogP contribution in [-0.2, 0) is 4.79 Å². The second-order valence-corrected chi connectivity index (χ2v) is 12.0. The van der Waals surface area contributed by atoms with Gasteiger partial charge in [-0.15, -0.1) is 0 Å². The van der Waals surface area contributed by atoms with Gasteiger partial charge in [-0.1, -0.05) is 26.7 Å². The molecule has 0 amide bonds. The van der Waals surface area contributed by atoms with Crippen LogP contribution in [0.1, 0.15) is 105 Å². The first-order valence-electron chi connectivity index (χ1n) is 12.7. The number of carbonyl (C=O) groups is 1. The molecule has 6 unspecified atom stereocenters. The number of aliphatic hydroxyl groups is 3. The van der Waals surface area contributed by atoms with Gasteiger partial charge in [0.05, 0.1) is 17.6 Å². The lowest BCUT2D eigenvalue weighted by Gasteiger charge is -2.25. The Kier molecular flexibility index (Phi) is 9.84. The number of carboxylic acids is 1. The fraction of sp³-hybridized carbons (Fsp3) is 0.962. The topological polar surface area (TPSA) is 98.0 Å². The van der Waals surface area contributed by atoms with Crippen LogP contribution in [0.15, 0.2) is 0 Å². The first-order valence-corrected chi connectivity index (χ1v) is 12.7. The first-order chi connectivity index (χ1) is 14.5. The summed E-state index contributed by atoms with van der Waals surface area (Å²) in [6, 6.07) is 0. The number of hydrogen-bond donors (Lipinski definition) is 4. The molecule has 0 saturated heterocycles. The Hall–Kier alpha value is -0.650. The normalized spacial score (nSPS) is 32.0. The van der Waals surface area contributed by atoms with E-state index in [2.05, 4.69) is 13.8 Å². The average Bonchev–Trinajstić information content (AvgIpc) is 3.23. The maximum absolute atomic E-state index is 11.3. The lowest BCUT2D eigenvalue weighted by atomic mass is 9.84. The van der Waals surface area contributed by atoms with Crippen LogP contribution in [0.25, 0.3) is 0 Å². The van der Waals surface area contributed by atoms with E-state index in [4.69, 9.17) is 0 Å². The summed E-state index contributed by atoms with van der Waals surface area (Å²) in [5, 5.41) is 40.3. The van der Waals surface area contributed by atoms with Crippen LogP contribution in [-0.4, -0.2) is 45.2 Å². The molecule has 2 rings (SSSR count). The molecule has 5 heteroatoms. The van der Waals surface area contributed by atoms with E-state index in [0.29, 0.717) is 30.1 Å². The molecule has 2 fully saturated rings. The van der Waals surface area contributed by atoms with Crippen molar-refractivity contribution < 1.29 is 25.2 Å². The van der Waals surface area contributed by atoms with Gasteiger partial charge in [0, 0.05) is 6.61 Å². The van der Waals surface area contributed by atoms with Gasteiger partial charge < -0.3 is 20.4 Å². The predicted molar refractivity (Wildman–Crippen MR) is 124 cm³/mol. The smallest absolute Gasteiger partial charge is 0.309 e. The van der Waals surface area contributed by atoms with E-state index in [1.54, 1.807) is 13.8 Å². The zero-order valence-electron chi connectivity index (χ0n) is 20.4. The maximum atomic E-state index is 11.3. The Morgan fingerprint density at radius 3 is 1.52 bits per heavy atom. The molecular weight excluding hydrogens is 392 g/mol. The van der Waals surface area contributed by atoms with Crippen molar-refractivity contribution in [2.75, 3.05) is 6.61 Å². The molecule has 0 aromatic heterocycles. The average molecular weight is 441 g/mol. The molecule has 182 valence electrons. The molecule has 0 heterocycles. The van der Waals surface area contributed by atoms with Crippen LogP contribution in [0.4, 0.5) is 0 Å². The summed E-state index contributed by atoms with van der Waals surface area (Å²) in [5.41, 5.74) is -0.715. The second kappa shape index (κ2) is 11.5. The van der Waals surface area contributed by atoms with Gasteiger partial charge in [-0.3, -0.25) is 4.79 Å². The standard InChI is InChI=1S/C26H48O5/c1-25(2,17-27)15-5-7-18-9-11-20(22(18)28)13-14-21-12-10-19(23(21)29)8-6-16-26(3,4)24(30)31/h18-23,27-29H,5-17H2,1-4H3,(H,30,31). The van der Waals surface area contributed by atoms with Crippen LogP contribution in [0.3, 0.4) is 0 Å². The summed E-state index contributed by atoms with van der Waals surface area (Å²) in [6.45, 7) is 7.95. The van der Waals surface area contributed by atoms with E-state index in [0.717, 1.165) is 70.6 Å². The van der Waals surface area contributed by atoms with Gasteiger partial charge in [0.15, 0.2) is 0 Å². The maximum Gasteiger partial charge on any atom is 0.309 e. The van der Waals surface area contributed by atoms with Crippen molar-refractivity contribution in [3.05, 3.63) is 0 Å². The Balaban J connectivity index is 1.68. The molecule has 31 heavy (non-hydrogen) atoms. The molecule has 2 aliphatic carbocycles. The quantitative estimate of drug-likeness (QED) is 0.323. The van der Waals surface area contributed by atoms with E-state index in [1.807, 2.05) is 0 Å². The van der Waals surface area contributed by atoms with Crippen molar-refractivity contribution in [1.29, 1.82) is 0 Å². The minimum absolute atomic E-state index is 0.0263. The first kappa shape index (κ1) is 26.6. The summed E-state index contributed by atoms with van der Waals surface area (Å²) < 4.78 is 0. The van der Waals surface area contributed by atoms with Crippen LogP contribution < -0.4 is 0 Å². The van der Waals surface area contributed by atoms with Crippen LogP contribution >= 0.6 is 0 Å². The van der Waals surface area contributed by atoms with E-state index < -0.39 is 11.4 Å². The Labute approximate surface area is 189 Å². The van der Waals surface area contributed by atoms with Gasteiger partial charge in [0.1, 0.15) is 0 Å². The van der Waals surface area contributed by atoms with Gasteiger partial charge >= 0.3 is 5.97 Å². The third-order valence-corrected chi connectivity index (χ3v) is 8.47. The fourth-order valence-corrected chi connectivity index (χ4v) is 5.83. The Morgan fingerprint density at radius 2 is 1.13 bits per heavy atom. The lowest BCUT2D eigenvalue weighted by Crippen LogP contribution is -2.26. The van der Waals surface area contributed by atoms with Crippen LogP contribution in [0.2, 0.25) is 0 Å². The highest BCUT2D eigenvalue weighted by molar-refractivity contribution is 5.73. The minimum atomic E-state index is -0.747. The van der Waals surface area contributed by atoms with Crippen molar-refractivity contribution in [1.82, 2.24) is 0 Å². The zero-order valence-corrected chi connectivity index (χ0v) is 20.4. The Morgan fingerprint density at radius 1 is 0.742 bits per heavy atom. The van der Waals surface area contributed by atoms with Gasteiger partial charge in [0.2, 0.25) is 0 Å². The molecule has 6 atom stereocenters. The summed E-state index contributed by atoms with van der Waals surface area (Å²) >= 11 is 0. The number of carboxylic acid groups (broad SMARTS) is 1. The molecule has 4 N–H and O–H groups in total. The molecule has 5 nitrogen and oxygen atoms in total. The molecule has 2 aliphatic rings. The van der Waals surface area contributed by atoms with Crippen molar-refractivity contribution in [2.45, 2.75) is 117 Å². The minimum Gasteiger partial charge on any atom is -0.481 e. The van der Waals surface area contributed by atoms with Crippen LogP contribution in [0.5, 0.6) is 0 Å². The van der Waals surface area contributed by atoms with E-state index in [-0.39, 0.29) is 24.2 Å². The number of aliphatic carboxylic acids is 1. The monoisotopic (exact) mass is 440 g/mol. The van der Waals surface area contributed by atoms with Crippen molar-refractivity contribution in [3.8, 4) is 0 Å². The molecule has 0 spiro atoms. The molecule has 0 aromatic carbocycles.